The summed E-state index contributed by atoms with van der Waals surface area (Å²) in [6.45, 7) is 0.164. The Morgan fingerprint density at radius 3 is 2.95 bits per heavy atom. The standard InChI is InChI=1S/C15H21BN4O2/c1-18-15(22)14(3-2-8-21)12-9-19-20(10-12)13-4-6-16(11-17)7-5-13/h8-10,13-14H,2-7H2,1H3,(H,18,22). The van der Waals surface area contributed by atoms with Gasteiger partial charge in [0.1, 0.15) is 6.29 Å². The van der Waals surface area contributed by atoms with Crippen LogP contribution >= 0.6 is 0 Å². The van der Waals surface area contributed by atoms with Crippen molar-refractivity contribution in [3.05, 3.63) is 18.0 Å². The molecule has 1 atom stereocenters. The first-order valence-corrected chi connectivity index (χ1v) is 7.78. The van der Waals surface area contributed by atoms with Crippen LogP contribution < -0.4 is 5.32 Å². The monoisotopic (exact) mass is 300 g/mol. The fraction of sp³-hybridized carbons (Fsp3) is 0.600. The molecule has 1 aliphatic rings. The number of carbonyl (C=O) groups is 2. The number of nitrogens with zero attached hydrogens (tertiary/aromatic N) is 3. The highest BCUT2D eigenvalue weighted by Crippen LogP contribution is 2.30. The molecule has 6 nitrogen and oxygen atoms in total. The maximum Gasteiger partial charge on any atom is 0.268 e. The predicted molar refractivity (Wildman–Crippen MR) is 83.6 cm³/mol. The highest BCUT2D eigenvalue weighted by molar-refractivity contribution is 6.67. The molecule has 1 fully saturated rings. The third-order valence-corrected chi connectivity index (χ3v) is 4.41. The van der Waals surface area contributed by atoms with E-state index in [1.165, 1.54) is 0 Å². The smallest absolute Gasteiger partial charge is 0.268 e. The van der Waals surface area contributed by atoms with Gasteiger partial charge in [-0.1, -0.05) is 12.6 Å². The first-order chi connectivity index (χ1) is 10.7. The van der Waals surface area contributed by atoms with Crippen LogP contribution in [-0.4, -0.2) is 35.7 Å². The Hall–Kier alpha value is -2.10. The molecule has 1 aliphatic heterocycles. The lowest BCUT2D eigenvalue weighted by Crippen LogP contribution is -2.26. The van der Waals surface area contributed by atoms with Crippen molar-refractivity contribution in [1.29, 1.82) is 5.26 Å². The van der Waals surface area contributed by atoms with Gasteiger partial charge in [0.25, 0.3) is 6.71 Å². The Kier molecular flexibility index (Phi) is 5.76. The van der Waals surface area contributed by atoms with Gasteiger partial charge in [0, 0.05) is 31.2 Å². The number of amides is 1. The first kappa shape index (κ1) is 16.3. The number of nitrogens with one attached hydrogen (secondary N) is 1. The van der Waals surface area contributed by atoms with E-state index in [1.54, 1.807) is 13.2 Å². The summed E-state index contributed by atoms with van der Waals surface area (Å²) in [5, 5.41) is 16.0. The molecule has 1 N–H and O–H groups in total. The Balaban J connectivity index is 2.07. The van der Waals surface area contributed by atoms with Crippen molar-refractivity contribution in [3.63, 3.8) is 0 Å². The molecule has 0 radical (unpaired) electrons. The van der Waals surface area contributed by atoms with Crippen molar-refractivity contribution in [2.24, 2.45) is 0 Å². The maximum absolute atomic E-state index is 12.0. The van der Waals surface area contributed by atoms with Gasteiger partial charge in [-0.15, -0.1) is 0 Å². The highest BCUT2D eigenvalue weighted by atomic mass is 16.1. The topological polar surface area (TPSA) is 87.8 Å². The third kappa shape index (κ3) is 3.76. The molecule has 0 spiro atoms. The number of likely N-dealkylation sites (N-methyl/N-ethyl adjacent to an activating group) is 1. The van der Waals surface area contributed by atoms with E-state index < -0.39 is 0 Å². The average Bonchev–Trinajstić information content (AvgIpc) is 3.04. The second-order valence-electron chi connectivity index (χ2n) is 5.80. The van der Waals surface area contributed by atoms with Crippen LogP contribution in [0.15, 0.2) is 12.4 Å². The molecule has 0 saturated carbocycles. The molecule has 116 valence electrons. The lowest BCUT2D eigenvalue weighted by molar-refractivity contribution is -0.122. The molecular formula is C15H21BN4O2. The molecular weight excluding hydrogens is 279 g/mol. The van der Waals surface area contributed by atoms with Gasteiger partial charge < -0.3 is 10.1 Å². The van der Waals surface area contributed by atoms with Crippen LogP contribution in [0.25, 0.3) is 0 Å². The number of carbonyl (C=O) groups excluding carboxylic acids is 2. The SMILES string of the molecule is CNC(=O)C(CCC=O)c1cnn(C2CCB(C#N)CC2)c1. The van der Waals surface area contributed by atoms with Crippen molar-refractivity contribution in [2.75, 3.05) is 7.05 Å². The van der Waals surface area contributed by atoms with Crippen LogP contribution in [0.3, 0.4) is 0 Å². The zero-order valence-corrected chi connectivity index (χ0v) is 12.9. The highest BCUT2D eigenvalue weighted by Gasteiger charge is 2.27. The van der Waals surface area contributed by atoms with E-state index in [1.807, 2.05) is 10.9 Å². The van der Waals surface area contributed by atoms with E-state index in [2.05, 4.69) is 16.4 Å². The van der Waals surface area contributed by atoms with Gasteiger partial charge in [-0.2, -0.15) is 5.10 Å². The molecule has 1 amide bonds. The first-order valence-electron chi connectivity index (χ1n) is 7.78. The number of aromatic nitrogens is 2. The Morgan fingerprint density at radius 2 is 2.36 bits per heavy atom. The summed E-state index contributed by atoms with van der Waals surface area (Å²) < 4.78 is 1.92. The second-order valence-corrected chi connectivity index (χ2v) is 5.80. The van der Waals surface area contributed by atoms with Crippen molar-refractivity contribution < 1.29 is 9.59 Å². The lowest BCUT2D eigenvalue weighted by Gasteiger charge is -2.23. The van der Waals surface area contributed by atoms with Crippen LogP contribution in [0.4, 0.5) is 0 Å². The lowest BCUT2D eigenvalue weighted by atomic mass is 9.42. The summed E-state index contributed by atoms with van der Waals surface area (Å²) in [4.78, 5) is 22.6. The normalized spacial score (nSPS) is 16.8. The molecule has 22 heavy (non-hydrogen) atoms. The quantitative estimate of drug-likeness (QED) is 0.638. The van der Waals surface area contributed by atoms with Crippen LogP contribution in [0.5, 0.6) is 0 Å². The molecule has 0 aromatic carbocycles. The molecule has 1 aromatic rings. The molecule has 2 rings (SSSR count). The summed E-state index contributed by atoms with van der Waals surface area (Å²) in [5.74, 6) is 1.91. The van der Waals surface area contributed by atoms with Gasteiger partial charge in [-0.25, -0.2) is 5.26 Å². The minimum absolute atomic E-state index is 0.0883. The van der Waals surface area contributed by atoms with Crippen LogP contribution in [0.1, 0.15) is 43.2 Å². The van der Waals surface area contributed by atoms with Crippen molar-refractivity contribution in [3.8, 4) is 5.97 Å². The summed E-state index contributed by atoms with van der Waals surface area (Å²) in [5.41, 5.74) is 0.851. The van der Waals surface area contributed by atoms with Crippen molar-refractivity contribution in [2.45, 2.75) is 50.3 Å². The van der Waals surface area contributed by atoms with Gasteiger partial charge in [0.15, 0.2) is 0 Å². The third-order valence-electron chi connectivity index (χ3n) is 4.41. The fourth-order valence-corrected chi connectivity index (χ4v) is 3.06. The van der Waals surface area contributed by atoms with Gasteiger partial charge in [-0.05, 0) is 19.3 Å². The van der Waals surface area contributed by atoms with Gasteiger partial charge in [0.05, 0.1) is 18.2 Å². The second kappa shape index (κ2) is 7.78. The average molecular weight is 300 g/mol. The largest absolute Gasteiger partial charge is 0.359 e. The molecule has 1 unspecified atom stereocenters. The van der Waals surface area contributed by atoms with E-state index >= 15 is 0 Å². The van der Waals surface area contributed by atoms with E-state index in [4.69, 9.17) is 5.26 Å². The van der Waals surface area contributed by atoms with Crippen molar-refractivity contribution >= 4 is 18.9 Å². The molecule has 0 bridgehead atoms. The van der Waals surface area contributed by atoms with Crippen molar-refractivity contribution in [1.82, 2.24) is 15.1 Å². The minimum Gasteiger partial charge on any atom is -0.359 e. The van der Waals surface area contributed by atoms with Crippen LogP contribution in [0.2, 0.25) is 12.6 Å². The maximum atomic E-state index is 12.0. The summed E-state index contributed by atoms with van der Waals surface area (Å²) in [6.07, 6.45) is 9.02. The summed E-state index contributed by atoms with van der Waals surface area (Å²) in [7, 11) is 1.60. The molecule has 1 aromatic heterocycles. The zero-order chi connectivity index (χ0) is 15.9. The summed E-state index contributed by atoms with van der Waals surface area (Å²) in [6, 6.07) is 0.301. The molecule has 1 saturated heterocycles. The number of aldehydes is 1. The molecule has 0 aliphatic carbocycles. The number of hydrogen-bond donors (Lipinski definition) is 1. The van der Waals surface area contributed by atoms with E-state index in [0.717, 1.165) is 37.3 Å². The number of rotatable bonds is 6. The van der Waals surface area contributed by atoms with E-state index in [-0.39, 0.29) is 18.5 Å². The summed E-state index contributed by atoms with van der Waals surface area (Å²) >= 11 is 0. The van der Waals surface area contributed by atoms with Gasteiger partial charge in [-0.3, -0.25) is 9.48 Å². The Morgan fingerprint density at radius 1 is 1.64 bits per heavy atom. The fourth-order valence-electron chi connectivity index (χ4n) is 3.06. The number of hydrogen-bond acceptors (Lipinski definition) is 4. The Labute approximate surface area is 131 Å². The van der Waals surface area contributed by atoms with Crippen LogP contribution in [0, 0.1) is 11.2 Å². The van der Waals surface area contributed by atoms with E-state index in [0.29, 0.717) is 18.9 Å². The van der Waals surface area contributed by atoms with E-state index in [9.17, 15) is 9.59 Å². The van der Waals surface area contributed by atoms with Crippen LogP contribution in [-0.2, 0) is 9.59 Å². The van der Waals surface area contributed by atoms with Gasteiger partial charge in [0.2, 0.25) is 5.91 Å². The zero-order valence-electron chi connectivity index (χ0n) is 12.9. The Bertz CT molecular complexity index is 558. The minimum atomic E-state index is -0.334. The van der Waals surface area contributed by atoms with Gasteiger partial charge >= 0.3 is 0 Å². The number of nitriles is 1. The molecule has 2 heterocycles. The molecule has 7 heteroatoms. The predicted octanol–water partition coefficient (Wildman–Crippen LogP) is 1.58.